The first-order chi connectivity index (χ1) is 27.8. The van der Waals surface area contributed by atoms with Gasteiger partial charge < -0.3 is 20.1 Å². The molecule has 3 atom stereocenters. The number of benzene rings is 2. The number of nitrogens with zero attached hydrogens (tertiary/aromatic N) is 5. The average Bonchev–Trinajstić information content (AvgIpc) is 3.76. The van der Waals surface area contributed by atoms with Crippen molar-refractivity contribution >= 4 is 54.4 Å². The molecule has 14 nitrogen and oxygen atoms in total. The SMILES string of the molecule is C.C.Cc1c(-c2ccc(N3CCc4cccc(C(=O)Nc5nc6ccccc6s5)c4C3)nc2C(=O)O)cnn1C[C]1CC(C)CC(C)CC(OCCNCCS(N)(=O)=O)C1. The zero-order valence-electron chi connectivity index (χ0n) is 33.1. The fraction of sp³-hybridized carbons (Fsp3) is 0.455. The Labute approximate surface area is 358 Å². The number of anilines is 2. The van der Waals surface area contributed by atoms with E-state index in [2.05, 4.69) is 29.5 Å². The zero-order valence-corrected chi connectivity index (χ0v) is 34.7. The number of fused-ring (bicyclic) bond motifs is 2. The van der Waals surface area contributed by atoms with Gasteiger partial charge in [-0.05, 0) is 92.3 Å². The Kier molecular flexibility index (Phi) is 15.6. The zero-order chi connectivity index (χ0) is 41.0. The van der Waals surface area contributed by atoms with Crippen LogP contribution in [0, 0.1) is 24.7 Å². The summed E-state index contributed by atoms with van der Waals surface area (Å²) in [7, 11) is -3.51. The topological polar surface area (TPSA) is 195 Å². The van der Waals surface area contributed by atoms with Gasteiger partial charge in [0.15, 0.2) is 10.8 Å². The minimum atomic E-state index is -3.51. The van der Waals surface area contributed by atoms with Gasteiger partial charge in [-0.25, -0.2) is 28.3 Å². The van der Waals surface area contributed by atoms with Crippen molar-refractivity contribution in [1.82, 2.24) is 25.1 Å². The molecule has 4 heterocycles. The Morgan fingerprint density at radius 3 is 2.55 bits per heavy atom. The molecule has 2 aromatic carbocycles. The molecule has 0 saturated heterocycles. The summed E-state index contributed by atoms with van der Waals surface area (Å²) in [6.45, 7) is 9.38. The van der Waals surface area contributed by atoms with Crippen LogP contribution in [0.2, 0.25) is 0 Å². The monoisotopic (exact) mass is 859 g/mol. The van der Waals surface area contributed by atoms with Crippen LogP contribution in [0.5, 0.6) is 0 Å². The van der Waals surface area contributed by atoms with Gasteiger partial charge in [0, 0.05) is 61.0 Å². The number of nitrogens with one attached hydrogen (secondary N) is 2. The molecule has 16 heteroatoms. The molecule has 1 fully saturated rings. The molecule has 1 aliphatic heterocycles. The highest BCUT2D eigenvalue weighted by Crippen LogP contribution is 2.36. The van der Waals surface area contributed by atoms with Gasteiger partial charge in [-0.3, -0.25) is 14.8 Å². The number of carbonyl (C=O) groups is 2. The maximum Gasteiger partial charge on any atom is 0.355 e. The minimum absolute atomic E-state index is 0. The van der Waals surface area contributed by atoms with Crippen LogP contribution >= 0.6 is 11.3 Å². The maximum atomic E-state index is 13.6. The van der Waals surface area contributed by atoms with E-state index in [9.17, 15) is 23.1 Å². The molecule has 0 bridgehead atoms. The van der Waals surface area contributed by atoms with Crippen LogP contribution < -0.4 is 20.7 Å². The van der Waals surface area contributed by atoms with Crippen molar-refractivity contribution in [2.24, 2.45) is 17.0 Å². The Morgan fingerprint density at radius 2 is 1.78 bits per heavy atom. The predicted octanol–water partition coefficient (Wildman–Crippen LogP) is 7.33. The lowest BCUT2D eigenvalue weighted by Gasteiger charge is -2.32. The van der Waals surface area contributed by atoms with Crippen molar-refractivity contribution in [3.63, 3.8) is 0 Å². The van der Waals surface area contributed by atoms with Gasteiger partial charge in [-0.1, -0.05) is 64.3 Å². The number of thiazole rings is 1. The summed E-state index contributed by atoms with van der Waals surface area (Å²) in [5.74, 6) is 1.36. The lowest BCUT2D eigenvalue weighted by atomic mass is 9.80. The molecule has 1 aliphatic carbocycles. The number of rotatable bonds is 14. The lowest BCUT2D eigenvalue weighted by molar-refractivity contribution is 0.0272. The van der Waals surface area contributed by atoms with E-state index in [1.165, 1.54) is 17.3 Å². The normalized spacial score (nSPS) is 18.5. The van der Waals surface area contributed by atoms with E-state index in [-0.39, 0.29) is 44.9 Å². The highest BCUT2D eigenvalue weighted by atomic mass is 32.2. The molecule has 3 aromatic heterocycles. The average molecular weight is 860 g/mol. The summed E-state index contributed by atoms with van der Waals surface area (Å²) in [5.41, 5.74) is 5.34. The van der Waals surface area contributed by atoms with E-state index in [1.54, 1.807) is 6.20 Å². The quantitative estimate of drug-likeness (QED) is 0.0817. The third-order valence-corrected chi connectivity index (χ3v) is 12.8. The van der Waals surface area contributed by atoms with E-state index in [0.29, 0.717) is 78.7 Å². The van der Waals surface area contributed by atoms with Crippen LogP contribution in [0.25, 0.3) is 21.3 Å². The van der Waals surface area contributed by atoms with Gasteiger partial charge in [0.1, 0.15) is 5.82 Å². The van der Waals surface area contributed by atoms with Crippen LogP contribution in [-0.2, 0) is 34.3 Å². The number of nitrogens with two attached hydrogens (primary N) is 1. The van der Waals surface area contributed by atoms with Crippen LogP contribution in [-0.4, -0.2) is 83.2 Å². The number of amides is 1. The van der Waals surface area contributed by atoms with Crippen molar-refractivity contribution in [1.29, 1.82) is 0 Å². The van der Waals surface area contributed by atoms with Gasteiger partial charge in [0.2, 0.25) is 10.0 Å². The summed E-state index contributed by atoms with van der Waals surface area (Å²) < 4.78 is 31.7. The molecule has 7 rings (SSSR count). The highest BCUT2D eigenvalue weighted by Gasteiger charge is 2.29. The molecule has 1 radical (unpaired) electrons. The molecule has 2 aliphatic rings. The number of aromatic carboxylic acids is 1. The van der Waals surface area contributed by atoms with Crippen LogP contribution in [0.3, 0.4) is 0 Å². The Balaban J connectivity index is 0.00000341. The second-order valence-electron chi connectivity index (χ2n) is 15.7. The standard InChI is InChI=1S/C42H51N8O6S2.2CH4/c1-26-19-27(2)21-31(56-17-14-44-15-18-58(43,54)55)22-29(20-26)24-50-28(3)34(23-45-50)32-11-12-38(47-39(32)41(52)53)49-16-13-30-7-6-8-33(35(30)25-49)40(51)48-42-46-36-9-4-5-10-37(36)57-42;;/h4-12,23,26-27,31,44H,13-22,24-25H2,1-3H3,(H,52,53)(H2,43,54,55)(H,46,48,51);2*1H4. The Morgan fingerprint density at radius 1 is 0.983 bits per heavy atom. The smallest absolute Gasteiger partial charge is 0.355 e. The van der Waals surface area contributed by atoms with Gasteiger partial charge >= 0.3 is 5.97 Å². The lowest BCUT2D eigenvalue weighted by Crippen LogP contribution is -2.33. The van der Waals surface area contributed by atoms with Crippen molar-refractivity contribution in [2.45, 2.75) is 86.9 Å². The molecule has 60 heavy (non-hydrogen) atoms. The molecule has 5 aromatic rings. The van der Waals surface area contributed by atoms with E-state index in [1.807, 2.05) is 71.1 Å². The van der Waals surface area contributed by atoms with Crippen LogP contribution in [0.4, 0.5) is 10.9 Å². The summed E-state index contributed by atoms with van der Waals surface area (Å²) in [6, 6.07) is 17.2. The number of ether oxygens (including phenoxy) is 1. The number of sulfonamides is 1. The highest BCUT2D eigenvalue weighted by molar-refractivity contribution is 7.89. The van der Waals surface area contributed by atoms with Gasteiger partial charge in [0.05, 0.1) is 34.9 Å². The molecule has 0 spiro atoms. The number of carboxylic acid groups (broad SMARTS) is 1. The predicted molar refractivity (Wildman–Crippen MR) is 240 cm³/mol. The number of pyridine rings is 1. The summed E-state index contributed by atoms with van der Waals surface area (Å²) >= 11 is 1.43. The third kappa shape index (κ3) is 11.3. The fourth-order valence-corrected chi connectivity index (χ4v) is 9.65. The van der Waals surface area contributed by atoms with Crippen molar-refractivity contribution in [3.8, 4) is 11.1 Å². The molecular weight excluding hydrogens is 801 g/mol. The number of carbonyl (C=O) groups excluding carboxylic acids is 1. The first-order valence-electron chi connectivity index (χ1n) is 19.8. The number of aromatic nitrogens is 4. The fourth-order valence-electron chi connectivity index (χ4n) is 8.36. The Hall–Kier alpha value is -4.74. The molecule has 3 unspecified atom stereocenters. The van der Waals surface area contributed by atoms with Crippen LogP contribution in [0.1, 0.15) is 92.1 Å². The first-order valence-corrected chi connectivity index (χ1v) is 22.3. The Bertz CT molecular complexity index is 2350. The number of primary sulfonamides is 1. The summed E-state index contributed by atoms with van der Waals surface area (Å²) in [6.07, 6.45) is 6.15. The molecule has 323 valence electrons. The van der Waals surface area contributed by atoms with Gasteiger partial charge in [-0.15, -0.1) is 0 Å². The second-order valence-corrected chi connectivity index (χ2v) is 18.4. The summed E-state index contributed by atoms with van der Waals surface area (Å²) in [5, 5.41) is 26.9. The summed E-state index contributed by atoms with van der Waals surface area (Å²) in [4.78, 5) is 37.7. The van der Waals surface area contributed by atoms with E-state index < -0.39 is 16.0 Å². The number of carboxylic acids is 1. The maximum absolute atomic E-state index is 13.6. The number of hydrogen-bond acceptors (Lipinski definition) is 11. The largest absolute Gasteiger partial charge is 0.476 e. The van der Waals surface area contributed by atoms with Crippen molar-refractivity contribution < 1.29 is 27.9 Å². The number of para-hydroxylation sites is 1. The second kappa shape index (κ2) is 20.2. The minimum Gasteiger partial charge on any atom is -0.476 e. The molecule has 1 saturated carbocycles. The number of hydrogen-bond donors (Lipinski definition) is 4. The molecule has 1 amide bonds. The van der Waals surface area contributed by atoms with Gasteiger partial charge in [0.25, 0.3) is 5.91 Å². The molecular formula is C44H59N8O6S2. The van der Waals surface area contributed by atoms with Crippen molar-refractivity contribution in [2.75, 3.05) is 42.2 Å². The van der Waals surface area contributed by atoms with E-state index in [0.717, 1.165) is 52.7 Å². The van der Waals surface area contributed by atoms with E-state index >= 15 is 0 Å². The third-order valence-electron chi connectivity index (χ3n) is 11.0. The molecule has 5 N–H and O–H groups in total. The van der Waals surface area contributed by atoms with Gasteiger partial charge in [-0.2, -0.15) is 5.10 Å². The van der Waals surface area contributed by atoms with Crippen molar-refractivity contribution in [3.05, 3.63) is 94.8 Å². The first kappa shape index (κ1) is 46.3. The van der Waals surface area contributed by atoms with Crippen LogP contribution in [0.15, 0.2) is 60.8 Å². The van der Waals surface area contributed by atoms with E-state index in [4.69, 9.17) is 20.0 Å².